The van der Waals surface area contributed by atoms with Crippen molar-refractivity contribution in [2.45, 2.75) is 66.9 Å². The number of nitrogens with one attached hydrogen (secondary N) is 1. The summed E-state index contributed by atoms with van der Waals surface area (Å²) in [6.07, 6.45) is 0.343. The molecule has 2 saturated heterocycles. The van der Waals surface area contributed by atoms with Gasteiger partial charge in [-0.3, -0.25) is 24.6 Å². The van der Waals surface area contributed by atoms with Gasteiger partial charge in [0.05, 0.1) is 6.54 Å². The number of aliphatic hydroxyl groups is 7. The van der Waals surface area contributed by atoms with Crippen LogP contribution in [0.1, 0.15) is 39.9 Å². The highest BCUT2D eigenvalue weighted by Gasteiger charge is 2.77. The molecule has 2 aromatic carbocycles. The lowest BCUT2D eigenvalue weighted by atomic mass is 9.51. The lowest BCUT2D eigenvalue weighted by molar-refractivity contribution is -0.477. The highest BCUT2D eigenvalue weighted by molar-refractivity contribution is 6.23. The van der Waals surface area contributed by atoms with E-state index in [1.165, 1.54) is 17.0 Å². The topological polar surface area (TPSA) is 221 Å². The van der Waals surface area contributed by atoms with Crippen LogP contribution >= 0.6 is 0 Å². The number of nitrogens with zero attached hydrogens (tertiary/aromatic N) is 2. The molecule has 0 spiro atoms. The number of hydrogen-bond donors (Lipinski definition) is 8. The van der Waals surface area contributed by atoms with Gasteiger partial charge in [-0.15, -0.1) is 0 Å². The Balaban J connectivity index is 1.30. The summed E-state index contributed by atoms with van der Waals surface area (Å²) in [6.45, 7) is -0.573. The quantitative estimate of drug-likeness (QED) is 0.0912. The maximum absolute atomic E-state index is 13.0. The molecule has 3 aliphatic heterocycles. The van der Waals surface area contributed by atoms with Crippen molar-refractivity contribution >= 4 is 41.3 Å². The smallest absolute Gasteiger partial charge is 0.255 e. The molecule has 17 heteroatoms. The fourth-order valence-electron chi connectivity index (χ4n) is 5.46. The molecule has 3 amide bonds. The lowest BCUT2D eigenvalue weighted by Crippen LogP contribution is -2.93. The summed E-state index contributed by atoms with van der Waals surface area (Å²) in [5.41, 5.74) is -9.13. The van der Waals surface area contributed by atoms with Crippen LogP contribution in [-0.4, -0.2) is 121 Å². The van der Waals surface area contributed by atoms with E-state index < -0.39 is 46.8 Å². The van der Waals surface area contributed by atoms with Gasteiger partial charge in [-0.1, -0.05) is 30.3 Å². The van der Waals surface area contributed by atoms with Crippen LogP contribution in [0.5, 0.6) is 5.75 Å². The monoisotopic (exact) mass is 589 g/mol. The molecule has 3 unspecified atom stereocenters. The molecule has 3 aliphatic rings. The van der Waals surface area contributed by atoms with Crippen molar-refractivity contribution in [1.82, 2.24) is 15.1 Å². The van der Waals surface area contributed by atoms with Gasteiger partial charge in [0, 0.05) is 24.1 Å². The molecule has 2 aromatic rings. The van der Waals surface area contributed by atoms with Gasteiger partial charge in [-0.2, -0.15) is 0 Å². The molecule has 3 atom stereocenters. The van der Waals surface area contributed by atoms with Crippen LogP contribution < -0.4 is 10.1 Å². The van der Waals surface area contributed by atoms with Crippen molar-refractivity contribution in [3.05, 3.63) is 64.7 Å². The zero-order valence-electron chi connectivity index (χ0n) is 22.5. The first-order valence-corrected chi connectivity index (χ1v) is 13.0. The average molecular weight is 589 g/mol. The first-order chi connectivity index (χ1) is 19.8. The summed E-state index contributed by atoms with van der Waals surface area (Å²) in [5, 5.41) is 74.7. The van der Waals surface area contributed by atoms with Crippen LogP contribution in [0.25, 0.3) is 0 Å². The highest BCUT2D eigenvalue weighted by atomic mass is 16.6. The van der Waals surface area contributed by atoms with Crippen LogP contribution in [0.15, 0.2) is 42.5 Å². The van der Waals surface area contributed by atoms with Gasteiger partial charge in [-0.25, -0.2) is 0 Å². The maximum Gasteiger partial charge on any atom is 0.255 e. The van der Waals surface area contributed by atoms with Crippen molar-refractivity contribution in [2.75, 3.05) is 0 Å². The second-order valence-corrected chi connectivity index (χ2v) is 10.9. The minimum Gasteiger partial charge on any atom is -0.489 e. The molecule has 5 rings (SSSR count). The van der Waals surface area contributed by atoms with Crippen molar-refractivity contribution in [1.29, 1.82) is 0 Å². The average Bonchev–Trinajstić information content (AvgIpc) is 3.26. The van der Waals surface area contributed by atoms with Gasteiger partial charge < -0.3 is 45.4 Å². The largest absolute Gasteiger partial charge is 0.489 e. The Kier molecular flexibility index (Phi) is 7.35. The molecule has 43 heavy (non-hydrogen) atoms. The second-order valence-electron chi connectivity index (χ2n) is 10.9. The highest BCUT2D eigenvalue weighted by Crippen LogP contribution is 2.48. The summed E-state index contributed by atoms with van der Waals surface area (Å²) < 4.78 is 5.96. The summed E-state index contributed by atoms with van der Waals surface area (Å²) in [7, 11) is 16.4. The molecule has 0 aliphatic carbocycles. The standard InChI is InChI=1S/C26H26B3N3O11/c27-22(36)23(37,38)25(28,41)32(26(29,42)24(22,39)40)10-13-4-6-14(7-5-13)12-43-18-3-1-2-15-16(18)11-31(21(15)35)17-8-9-19(33)30-20(17)34/h1-7,17,36-42H,8-12H2,(H,30,33,34). The number of piperidine rings is 2. The Labute approximate surface area is 248 Å². The van der Waals surface area contributed by atoms with Gasteiger partial charge >= 0.3 is 0 Å². The summed E-state index contributed by atoms with van der Waals surface area (Å²) in [5.74, 6) is -8.88. The Morgan fingerprint density at radius 2 is 1.44 bits per heavy atom. The van der Waals surface area contributed by atoms with Crippen LogP contribution in [0.3, 0.4) is 0 Å². The van der Waals surface area contributed by atoms with E-state index in [9.17, 15) is 50.1 Å². The number of carbonyl (C=O) groups is 3. The number of carbonyl (C=O) groups excluding carboxylic acids is 3. The van der Waals surface area contributed by atoms with E-state index in [4.69, 9.17) is 28.3 Å². The Hall–Kier alpha value is -3.28. The number of hydrogen-bond acceptors (Lipinski definition) is 12. The molecule has 8 N–H and O–H groups in total. The number of rotatable bonds is 6. The normalized spacial score (nSPS) is 31.9. The second kappa shape index (κ2) is 10.1. The predicted octanol–water partition coefficient (Wildman–Crippen LogP) is -4.31. The minimum atomic E-state index is -4.01. The first-order valence-electron chi connectivity index (χ1n) is 13.0. The van der Waals surface area contributed by atoms with Crippen LogP contribution in [-0.2, 0) is 29.3 Å². The summed E-state index contributed by atoms with van der Waals surface area (Å²) in [6, 6.07) is 10.2. The number of amides is 3. The molecule has 0 aromatic heterocycles. The van der Waals surface area contributed by atoms with Gasteiger partial charge in [-0.05, 0) is 29.7 Å². The molecular formula is C26H26B3N3O11. The Morgan fingerprint density at radius 1 is 0.860 bits per heavy atom. The van der Waals surface area contributed by atoms with Crippen LogP contribution in [0.2, 0.25) is 0 Å². The lowest BCUT2D eigenvalue weighted by Gasteiger charge is -2.66. The third-order valence-electron chi connectivity index (χ3n) is 8.21. The third-order valence-corrected chi connectivity index (χ3v) is 8.21. The van der Waals surface area contributed by atoms with E-state index in [1.807, 2.05) is 0 Å². The van der Waals surface area contributed by atoms with Crippen molar-refractivity contribution in [3.8, 4) is 5.75 Å². The predicted molar refractivity (Wildman–Crippen MR) is 145 cm³/mol. The van der Waals surface area contributed by atoms with Gasteiger partial charge in [0.1, 0.15) is 58.7 Å². The van der Waals surface area contributed by atoms with Crippen molar-refractivity contribution in [3.63, 3.8) is 0 Å². The summed E-state index contributed by atoms with van der Waals surface area (Å²) in [4.78, 5) is 38.4. The number of fused-ring (bicyclic) bond motifs is 1. The summed E-state index contributed by atoms with van der Waals surface area (Å²) >= 11 is 0. The molecule has 3 heterocycles. The zero-order chi connectivity index (χ0) is 31.8. The van der Waals surface area contributed by atoms with E-state index in [0.717, 1.165) is 0 Å². The third kappa shape index (κ3) is 4.59. The van der Waals surface area contributed by atoms with E-state index in [2.05, 4.69) is 5.32 Å². The molecule has 2 fully saturated rings. The van der Waals surface area contributed by atoms with E-state index in [0.29, 0.717) is 22.4 Å². The molecule has 0 saturated carbocycles. The molecule has 220 valence electrons. The number of imide groups is 1. The van der Waals surface area contributed by atoms with Gasteiger partial charge in [0.15, 0.2) is 0 Å². The van der Waals surface area contributed by atoms with Crippen molar-refractivity contribution < 1.29 is 54.9 Å². The molecule has 6 radical (unpaired) electrons. The van der Waals surface area contributed by atoms with Crippen LogP contribution in [0.4, 0.5) is 0 Å². The van der Waals surface area contributed by atoms with E-state index in [-0.39, 0.29) is 48.3 Å². The SMILES string of the molecule is [B]C1(O)N(Cc2ccc(COc3cccc4c3CN(C3CCC(=O)NC3=O)C4=O)cc2)C([B])(O)C(O)(O)C([B])(O)C1(O)O. The Morgan fingerprint density at radius 3 is 2.02 bits per heavy atom. The first kappa shape index (κ1) is 31.2. The Bertz CT molecular complexity index is 1450. The number of ether oxygens (including phenoxy) is 1. The number of likely N-dealkylation sites (tertiary alicyclic amines) is 1. The van der Waals surface area contributed by atoms with E-state index >= 15 is 0 Å². The van der Waals surface area contributed by atoms with Gasteiger partial charge in [0.2, 0.25) is 23.4 Å². The van der Waals surface area contributed by atoms with Crippen molar-refractivity contribution in [2.24, 2.45) is 0 Å². The van der Waals surface area contributed by atoms with E-state index in [1.54, 1.807) is 30.3 Å². The fraction of sp³-hybridized carbons (Fsp3) is 0.423. The molecular weight excluding hydrogens is 563 g/mol. The fourth-order valence-corrected chi connectivity index (χ4v) is 5.46. The van der Waals surface area contributed by atoms with Gasteiger partial charge in [0.25, 0.3) is 5.91 Å². The molecule has 0 bridgehead atoms. The number of benzene rings is 2. The minimum absolute atomic E-state index is 0.0156. The molecule has 14 nitrogen and oxygen atoms in total. The zero-order valence-corrected chi connectivity index (χ0v) is 22.5. The van der Waals surface area contributed by atoms with Crippen LogP contribution in [0, 0.1) is 0 Å². The maximum atomic E-state index is 13.0.